The van der Waals surface area contributed by atoms with Crippen LogP contribution in [0.5, 0.6) is 5.75 Å². The molecule has 3 N–H and O–H groups in total. The number of hydrogen-bond acceptors (Lipinski definition) is 6. The van der Waals surface area contributed by atoms with Crippen LogP contribution < -0.4 is 9.44 Å². The molecule has 1 amide bonds. The molecule has 0 unspecified atom stereocenters. The molecule has 0 spiro atoms. The summed E-state index contributed by atoms with van der Waals surface area (Å²) in [6.45, 7) is 0. The van der Waals surface area contributed by atoms with Gasteiger partial charge in [-0.3, -0.25) is 9.52 Å². The summed E-state index contributed by atoms with van der Waals surface area (Å²) in [7, 11) is -8.43. The summed E-state index contributed by atoms with van der Waals surface area (Å²) >= 11 is 11.4. The molecule has 8 nitrogen and oxygen atoms in total. The van der Waals surface area contributed by atoms with Gasteiger partial charge in [0.2, 0.25) is 10.0 Å². The molecular formula is C14H11Cl2FN2O6S2. The second-order valence-corrected chi connectivity index (χ2v) is 9.48. The van der Waals surface area contributed by atoms with E-state index in [4.69, 9.17) is 23.2 Å². The van der Waals surface area contributed by atoms with E-state index in [0.29, 0.717) is 0 Å². The minimum Gasteiger partial charge on any atom is -0.505 e. The van der Waals surface area contributed by atoms with Crippen molar-refractivity contribution in [2.24, 2.45) is 0 Å². The largest absolute Gasteiger partial charge is 0.505 e. The Kier molecular flexibility index (Phi) is 5.90. The lowest BCUT2D eigenvalue weighted by Gasteiger charge is -2.12. The first kappa shape index (κ1) is 21.2. The highest BCUT2D eigenvalue weighted by atomic mass is 35.5. The first-order chi connectivity index (χ1) is 12.3. The maximum Gasteiger partial charge on any atom is 0.265 e. The fourth-order valence-corrected chi connectivity index (χ4v) is 4.19. The highest BCUT2D eigenvalue weighted by Crippen LogP contribution is 2.35. The number of amides is 1. The Labute approximate surface area is 164 Å². The number of carbonyl (C=O) groups excluding carboxylic acids is 1. The summed E-state index contributed by atoms with van der Waals surface area (Å²) in [6.07, 6.45) is 0.740. The lowest BCUT2D eigenvalue weighted by Crippen LogP contribution is -2.29. The molecule has 2 aromatic rings. The predicted octanol–water partition coefficient (Wildman–Crippen LogP) is 2.33. The van der Waals surface area contributed by atoms with E-state index in [0.717, 1.165) is 36.6 Å². The number of nitrogens with one attached hydrogen (secondary N) is 2. The number of benzene rings is 2. The molecule has 0 radical (unpaired) electrons. The maximum absolute atomic E-state index is 14.0. The fourth-order valence-electron chi connectivity index (χ4n) is 1.92. The van der Waals surface area contributed by atoms with E-state index < -0.39 is 48.1 Å². The van der Waals surface area contributed by atoms with Gasteiger partial charge in [0.25, 0.3) is 15.9 Å². The van der Waals surface area contributed by atoms with Gasteiger partial charge in [-0.1, -0.05) is 23.2 Å². The third-order valence-electron chi connectivity index (χ3n) is 3.03. The van der Waals surface area contributed by atoms with Crippen LogP contribution in [0.25, 0.3) is 0 Å². The molecule has 13 heteroatoms. The Hall–Kier alpha value is -2.08. The summed E-state index contributed by atoms with van der Waals surface area (Å²) in [5.74, 6) is -2.95. The number of hydrogen-bond donors (Lipinski definition) is 3. The number of rotatable bonds is 5. The third-order valence-corrected chi connectivity index (χ3v) is 5.48. The van der Waals surface area contributed by atoms with Crippen molar-refractivity contribution in [3.05, 3.63) is 51.8 Å². The van der Waals surface area contributed by atoms with E-state index in [-0.39, 0.29) is 15.6 Å². The van der Waals surface area contributed by atoms with Crippen LogP contribution in [0.1, 0.15) is 10.4 Å². The maximum atomic E-state index is 14.0. The molecule has 0 aliphatic rings. The number of phenols is 1. The molecule has 0 aromatic heterocycles. The van der Waals surface area contributed by atoms with Crippen LogP contribution in [0.4, 0.5) is 10.1 Å². The number of sulfonamides is 2. The number of carbonyl (C=O) groups is 1. The monoisotopic (exact) mass is 456 g/mol. The highest BCUT2D eigenvalue weighted by molar-refractivity contribution is 7.92. The molecule has 146 valence electrons. The fraction of sp³-hybridized carbons (Fsp3) is 0.0714. The first-order valence-corrected chi connectivity index (χ1v) is 11.0. The number of anilines is 1. The van der Waals surface area contributed by atoms with Crippen LogP contribution in [0.3, 0.4) is 0 Å². The van der Waals surface area contributed by atoms with Crippen molar-refractivity contribution >= 4 is 54.8 Å². The van der Waals surface area contributed by atoms with Gasteiger partial charge in [-0.25, -0.2) is 25.9 Å². The average Bonchev–Trinajstić information content (AvgIpc) is 2.51. The first-order valence-electron chi connectivity index (χ1n) is 6.82. The molecule has 0 bridgehead atoms. The van der Waals surface area contributed by atoms with Gasteiger partial charge in [0.05, 0.1) is 17.0 Å². The zero-order valence-electron chi connectivity index (χ0n) is 13.3. The van der Waals surface area contributed by atoms with Gasteiger partial charge < -0.3 is 5.11 Å². The molecule has 0 fully saturated rings. The van der Waals surface area contributed by atoms with E-state index in [1.807, 2.05) is 4.72 Å². The molecular weight excluding hydrogens is 446 g/mol. The van der Waals surface area contributed by atoms with Crippen LogP contribution in [-0.2, 0) is 20.0 Å². The van der Waals surface area contributed by atoms with Crippen LogP contribution >= 0.6 is 23.2 Å². The van der Waals surface area contributed by atoms with Crippen molar-refractivity contribution in [1.29, 1.82) is 0 Å². The minimum atomic E-state index is -4.55. The van der Waals surface area contributed by atoms with Gasteiger partial charge in [-0.2, -0.15) is 0 Å². The third kappa shape index (κ3) is 5.22. The molecule has 2 rings (SSSR count). The van der Waals surface area contributed by atoms with Crippen LogP contribution in [0.15, 0.2) is 35.2 Å². The summed E-state index contributed by atoms with van der Waals surface area (Å²) < 4.78 is 64.6. The van der Waals surface area contributed by atoms with Gasteiger partial charge >= 0.3 is 0 Å². The second kappa shape index (κ2) is 7.50. The summed E-state index contributed by atoms with van der Waals surface area (Å²) in [5.41, 5.74) is -0.987. The van der Waals surface area contributed by atoms with Crippen molar-refractivity contribution in [3.8, 4) is 5.75 Å². The Morgan fingerprint density at radius 2 is 1.74 bits per heavy atom. The smallest absolute Gasteiger partial charge is 0.265 e. The van der Waals surface area contributed by atoms with Gasteiger partial charge in [0.1, 0.15) is 10.7 Å². The molecule has 0 heterocycles. The van der Waals surface area contributed by atoms with Crippen molar-refractivity contribution in [2.75, 3.05) is 11.0 Å². The van der Waals surface area contributed by atoms with Crippen LogP contribution in [0.2, 0.25) is 10.0 Å². The summed E-state index contributed by atoms with van der Waals surface area (Å²) in [4.78, 5) is 11.1. The standard InChI is InChI=1S/C14H11Cl2FN2O6S2/c1-26(22,23)19-14(21)7-2-3-10(17)11(4-7)18-27(24,25)12-6-8(15)5-9(16)13(12)20/h2-6,18,20H,1H3,(H,19,21). The Morgan fingerprint density at radius 1 is 1.11 bits per heavy atom. The van der Waals surface area contributed by atoms with E-state index in [2.05, 4.69) is 0 Å². The molecule has 0 atom stereocenters. The van der Waals surface area contributed by atoms with Crippen molar-refractivity contribution in [1.82, 2.24) is 4.72 Å². The summed E-state index contributed by atoms with van der Waals surface area (Å²) in [6, 6.07) is 4.51. The molecule has 27 heavy (non-hydrogen) atoms. The zero-order valence-corrected chi connectivity index (χ0v) is 16.5. The van der Waals surface area contributed by atoms with E-state index in [9.17, 15) is 31.1 Å². The lowest BCUT2D eigenvalue weighted by molar-refractivity contribution is 0.0981. The molecule has 0 aliphatic heterocycles. The summed E-state index contributed by atoms with van der Waals surface area (Å²) in [5, 5.41) is 9.40. The lowest BCUT2D eigenvalue weighted by atomic mass is 10.2. The van der Waals surface area contributed by atoms with Gasteiger partial charge in [0, 0.05) is 10.6 Å². The zero-order chi connectivity index (χ0) is 20.6. The second-order valence-electron chi connectivity index (χ2n) is 5.24. The number of aromatic hydroxyl groups is 1. The topological polar surface area (TPSA) is 130 Å². The van der Waals surface area contributed by atoms with Crippen LogP contribution in [0, 0.1) is 5.82 Å². The Balaban J connectivity index is 2.45. The van der Waals surface area contributed by atoms with Gasteiger partial charge in [0.15, 0.2) is 5.75 Å². The van der Waals surface area contributed by atoms with Crippen molar-refractivity contribution in [2.45, 2.75) is 4.90 Å². The van der Waals surface area contributed by atoms with Gasteiger partial charge in [-0.05, 0) is 30.3 Å². The van der Waals surface area contributed by atoms with Crippen LogP contribution in [-0.4, -0.2) is 34.1 Å². The quantitative estimate of drug-likeness (QED) is 0.632. The molecule has 0 saturated carbocycles. The number of phenolic OH excluding ortho intramolecular Hbond substituents is 1. The Morgan fingerprint density at radius 3 is 2.33 bits per heavy atom. The van der Waals surface area contributed by atoms with Crippen molar-refractivity contribution in [3.63, 3.8) is 0 Å². The molecule has 0 aliphatic carbocycles. The normalized spacial score (nSPS) is 11.9. The number of halogens is 3. The average molecular weight is 457 g/mol. The van der Waals surface area contributed by atoms with E-state index >= 15 is 0 Å². The van der Waals surface area contributed by atoms with E-state index in [1.54, 1.807) is 4.72 Å². The SMILES string of the molecule is CS(=O)(=O)NC(=O)c1ccc(F)c(NS(=O)(=O)c2cc(Cl)cc(Cl)c2O)c1. The highest BCUT2D eigenvalue weighted by Gasteiger charge is 2.24. The van der Waals surface area contributed by atoms with E-state index in [1.165, 1.54) is 0 Å². The molecule has 2 aromatic carbocycles. The molecule has 0 saturated heterocycles. The van der Waals surface area contributed by atoms with Gasteiger partial charge in [-0.15, -0.1) is 0 Å². The van der Waals surface area contributed by atoms with Crippen molar-refractivity contribution < 1.29 is 31.1 Å². The minimum absolute atomic E-state index is 0.0973. The predicted molar refractivity (Wildman–Crippen MR) is 97.6 cm³/mol. The Bertz CT molecular complexity index is 1140.